The predicted molar refractivity (Wildman–Crippen MR) is 97.3 cm³/mol. The molecule has 3 aromatic rings. The molecule has 0 aliphatic carbocycles. The van der Waals surface area contributed by atoms with Gasteiger partial charge in [0, 0.05) is 12.7 Å². The highest BCUT2D eigenvalue weighted by molar-refractivity contribution is 7.80. The van der Waals surface area contributed by atoms with Crippen LogP contribution in [0.1, 0.15) is 11.1 Å². The molecule has 0 bridgehead atoms. The van der Waals surface area contributed by atoms with Crippen molar-refractivity contribution in [3.05, 3.63) is 84.2 Å². The standard InChI is InChI=1S/C18H18N4S/c23-18(19-11-15-7-3-1-4-8-15)21-17-12-20-22(14-17)13-16-9-5-2-6-10-16/h1-10,12,14H,11,13H2,(H2,19,21,23). The minimum Gasteiger partial charge on any atom is -0.358 e. The Hall–Kier alpha value is -2.66. The number of hydrogen-bond donors (Lipinski definition) is 2. The van der Waals surface area contributed by atoms with Crippen molar-refractivity contribution < 1.29 is 0 Å². The van der Waals surface area contributed by atoms with Gasteiger partial charge in [0.15, 0.2) is 5.11 Å². The smallest absolute Gasteiger partial charge is 0.171 e. The number of nitrogens with zero attached hydrogens (tertiary/aromatic N) is 2. The van der Waals surface area contributed by atoms with E-state index in [1.807, 2.05) is 47.3 Å². The normalized spacial score (nSPS) is 10.3. The number of thiocarbonyl (C=S) groups is 1. The van der Waals surface area contributed by atoms with Gasteiger partial charge in [0.25, 0.3) is 0 Å². The van der Waals surface area contributed by atoms with E-state index in [2.05, 4.69) is 40.0 Å². The number of aromatic nitrogens is 2. The van der Waals surface area contributed by atoms with Crippen LogP contribution in [0.3, 0.4) is 0 Å². The number of hydrogen-bond acceptors (Lipinski definition) is 2. The number of benzene rings is 2. The Morgan fingerprint density at radius 3 is 2.30 bits per heavy atom. The van der Waals surface area contributed by atoms with E-state index in [1.165, 1.54) is 11.1 Å². The Bertz CT molecular complexity index is 753. The fourth-order valence-corrected chi connectivity index (χ4v) is 2.43. The summed E-state index contributed by atoms with van der Waals surface area (Å²) in [5, 5.41) is 11.3. The lowest BCUT2D eigenvalue weighted by Gasteiger charge is -2.08. The van der Waals surface area contributed by atoms with Gasteiger partial charge in [-0.05, 0) is 23.3 Å². The maximum atomic E-state index is 5.31. The van der Waals surface area contributed by atoms with Gasteiger partial charge in [0.2, 0.25) is 0 Å². The van der Waals surface area contributed by atoms with Gasteiger partial charge in [-0.25, -0.2) is 0 Å². The van der Waals surface area contributed by atoms with E-state index < -0.39 is 0 Å². The molecule has 0 amide bonds. The van der Waals surface area contributed by atoms with E-state index in [0.717, 1.165) is 12.2 Å². The third-order valence-electron chi connectivity index (χ3n) is 3.37. The summed E-state index contributed by atoms with van der Waals surface area (Å²) in [6.45, 7) is 1.44. The summed E-state index contributed by atoms with van der Waals surface area (Å²) in [5.41, 5.74) is 3.29. The first-order chi connectivity index (χ1) is 11.3. The lowest BCUT2D eigenvalue weighted by Crippen LogP contribution is -2.27. The van der Waals surface area contributed by atoms with Gasteiger partial charge in [0.05, 0.1) is 18.4 Å². The average molecular weight is 322 g/mol. The topological polar surface area (TPSA) is 41.9 Å². The van der Waals surface area contributed by atoms with Crippen molar-refractivity contribution in [2.24, 2.45) is 0 Å². The summed E-state index contributed by atoms with van der Waals surface area (Å²) >= 11 is 5.31. The molecule has 0 saturated heterocycles. The zero-order valence-corrected chi connectivity index (χ0v) is 13.5. The molecule has 0 spiro atoms. The van der Waals surface area contributed by atoms with Gasteiger partial charge >= 0.3 is 0 Å². The molecule has 5 heteroatoms. The summed E-state index contributed by atoms with van der Waals surface area (Å²) in [6.07, 6.45) is 3.73. The fraction of sp³-hybridized carbons (Fsp3) is 0.111. The number of anilines is 1. The Labute approximate surface area is 141 Å². The van der Waals surface area contributed by atoms with Crippen molar-refractivity contribution in [2.45, 2.75) is 13.1 Å². The Morgan fingerprint density at radius 2 is 1.61 bits per heavy atom. The summed E-state index contributed by atoms with van der Waals surface area (Å²) in [6, 6.07) is 20.4. The van der Waals surface area contributed by atoms with Crippen LogP contribution in [0.25, 0.3) is 0 Å². The summed E-state index contributed by atoms with van der Waals surface area (Å²) in [4.78, 5) is 0. The van der Waals surface area contributed by atoms with Crippen LogP contribution in [-0.4, -0.2) is 14.9 Å². The van der Waals surface area contributed by atoms with Crippen molar-refractivity contribution in [1.29, 1.82) is 0 Å². The van der Waals surface area contributed by atoms with Gasteiger partial charge in [-0.15, -0.1) is 0 Å². The molecule has 0 atom stereocenters. The molecular formula is C18H18N4S. The summed E-state index contributed by atoms with van der Waals surface area (Å²) in [7, 11) is 0. The minimum atomic E-state index is 0.591. The van der Waals surface area contributed by atoms with Gasteiger partial charge in [-0.3, -0.25) is 4.68 Å². The maximum Gasteiger partial charge on any atom is 0.171 e. The van der Waals surface area contributed by atoms with Crippen molar-refractivity contribution in [1.82, 2.24) is 15.1 Å². The van der Waals surface area contributed by atoms with Crippen LogP contribution in [0.2, 0.25) is 0 Å². The molecule has 0 aliphatic heterocycles. The molecule has 0 saturated carbocycles. The highest BCUT2D eigenvalue weighted by atomic mass is 32.1. The molecule has 0 aliphatic rings. The van der Waals surface area contributed by atoms with E-state index in [4.69, 9.17) is 12.2 Å². The van der Waals surface area contributed by atoms with Gasteiger partial charge < -0.3 is 10.6 Å². The fourth-order valence-electron chi connectivity index (χ4n) is 2.24. The SMILES string of the molecule is S=C(NCc1ccccc1)Nc1cnn(Cc2ccccc2)c1. The lowest BCUT2D eigenvalue weighted by molar-refractivity contribution is 0.687. The minimum absolute atomic E-state index is 0.591. The Kier molecular flexibility index (Phi) is 5.01. The molecule has 1 heterocycles. The van der Waals surface area contributed by atoms with Crippen molar-refractivity contribution in [3.63, 3.8) is 0 Å². The van der Waals surface area contributed by atoms with E-state index >= 15 is 0 Å². The van der Waals surface area contributed by atoms with Crippen molar-refractivity contribution in [3.8, 4) is 0 Å². The average Bonchev–Trinajstić information content (AvgIpc) is 3.02. The molecule has 23 heavy (non-hydrogen) atoms. The van der Waals surface area contributed by atoms with Gasteiger partial charge in [0.1, 0.15) is 0 Å². The van der Waals surface area contributed by atoms with Crippen LogP contribution in [0.4, 0.5) is 5.69 Å². The zero-order chi connectivity index (χ0) is 15.9. The molecule has 0 fully saturated rings. The van der Waals surface area contributed by atoms with Crippen LogP contribution < -0.4 is 10.6 Å². The molecule has 4 nitrogen and oxygen atoms in total. The first-order valence-corrected chi connectivity index (χ1v) is 7.85. The highest BCUT2D eigenvalue weighted by Gasteiger charge is 2.02. The molecule has 0 radical (unpaired) electrons. The van der Waals surface area contributed by atoms with Crippen molar-refractivity contribution >= 4 is 23.0 Å². The lowest BCUT2D eigenvalue weighted by atomic mass is 10.2. The summed E-state index contributed by atoms with van der Waals surface area (Å²) < 4.78 is 1.89. The zero-order valence-electron chi connectivity index (χ0n) is 12.6. The molecular weight excluding hydrogens is 304 g/mol. The third-order valence-corrected chi connectivity index (χ3v) is 3.62. The predicted octanol–water partition coefficient (Wildman–Crippen LogP) is 3.42. The molecule has 0 unspecified atom stereocenters. The highest BCUT2D eigenvalue weighted by Crippen LogP contribution is 2.08. The van der Waals surface area contributed by atoms with Crippen molar-refractivity contribution in [2.75, 3.05) is 5.32 Å². The number of rotatable bonds is 5. The van der Waals surface area contributed by atoms with Crippen LogP contribution in [0.5, 0.6) is 0 Å². The van der Waals surface area contributed by atoms with E-state index in [0.29, 0.717) is 11.7 Å². The first-order valence-electron chi connectivity index (χ1n) is 7.45. The molecule has 116 valence electrons. The molecule has 1 aromatic heterocycles. The second-order valence-electron chi connectivity index (χ2n) is 5.21. The van der Waals surface area contributed by atoms with Crippen LogP contribution in [0.15, 0.2) is 73.1 Å². The van der Waals surface area contributed by atoms with E-state index in [9.17, 15) is 0 Å². The summed E-state index contributed by atoms with van der Waals surface area (Å²) in [5.74, 6) is 0. The molecule has 2 N–H and O–H groups in total. The second kappa shape index (κ2) is 7.56. The molecule has 2 aromatic carbocycles. The first kappa shape index (κ1) is 15.2. The Balaban J connectivity index is 1.51. The second-order valence-corrected chi connectivity index (χ2v) is 5.61. The number of nitrogens with one attached hydrogen (secondary N) is 2. The van der Waals surface area contributed by atoms with Crippen LogP contribution in [-0.2, 0) is 13.1 Å². The van der Waals surface area contributed by atoms with Crippen LogP contribution in [0, 0.1) is 0 Å². The van der Waals surface area contributed by atoms with Gasteiger partial charge in [-0.1, -0.05) is 60.7 Å². The Morgan fingerprint density at radius 1 is 0.957 bits per heavy atom. The van der Waals surface area contributed by atoms with Gasteiger partial charge in [-0.2, -0.15) is 5.10 Å². The molecule has 3 rings (SSSR count). The monoisotopic (exact) mass is 322 g/mol. The quantitative estimate of drug-likeness (QED) is 0.706. The van der Waals surface area contributed by atoms with E-state index in [1.54, 1.807) is 6.20 Å². The third kappa shape index (κ3) is 4.66. The largest absolute Gasteiger partial charge is 0.358 e. The van der Waals surface area contributed by atoms with E-state index in [-0.39, 0.29) is 0 Å². The van der Waals surface area contributed by atoms with Crippen LogP contribution >= 0.6 is 12.2 Å². The maximum absolute atomic E-state index is 5.31.